The molecule has 7 rings (SSSR count). The molecule has 4 aliphatic carbocycles. The van der Waals surface area contributed by atoms with Crippen LogP contribution in [0.2, 0.25) is 0 Å². The van der Waals surface area contributed by atoms with Crippen molar-refractivity contribution in [3.8, 4) is 17.4 Å². The lowest BCUT2D eigenvalue weighted by molar-refractivity contribution is -0.0706. The van der Waals surface area contributed by atoms with Crippen LogP contribution in [-0.2, 0) is 6.54 Å². The van der Waals surface area contributed by atoms with Gasteiger partial charge < -0.3 is 10.1 Å². The quantitative estimate of drug-likeness (QED) is 0.563. The molecule has 1 unspecified atom stereocenters. The Balaban J connectivity index is 1.13. The number of rotatable bonds is 7. The Morgan fingerprint density at radius 2 is 1.72 bits per heavy atom. The first kappa shape index (κ1) is 19.9. The van der Waals surface area contributed by atoms with Crippen molar-refractivity contribution in [2.45, 2.75) is 58.0 Å². The van der Waals surface area contributed by atoms with Gasteiger partial charge in [-0.2, -0.15) is 4.68 Å². The highest BCUT2D eigenvalue weighted by atomic mass is 16.5. The molecule has 0 radical (unpaired) electrons. The average Bonchev–Trinajstić information content (AvgIpc) is 3.25. The number of ether oxygens (including phenoxy) is 1. The fourth-order valence-electron chi connectivity index (χ4n) is 6.99. The van der Waals surface area contributed by atoms with Crippen LogP contribution in [0.1, 0.15) is 51.0 Å². The van der Waals surface area contributed by atoms with Gasteiger partial charge in [-0.05, 0) is 109 Å². The van der Waals surface area contributed by atoms with Crippen LogP contribution >= 0.6 is 0 Å². The number of para-hydroxylation sites is 1. The summed E-state index contributed by atoms with van der Waals surface area (Å²) in [6.45, 7) is 3.27. The molecule has 4 bridgehead atoms. The van der Waals surface area contributed by atoms with E-state index in [1.165, 1.54) is 44.1 Å². The van der Waals surface area contributed by atoms with Crippen molar-refractivity contribution < 1.29 is 4.74 Å². The third-order valence-electron chi connectivity index (χ3n) is 8.17. The van der Waals surface area contributed by atoms with E-state index < -0.39 is 0 Å². The van der Waals surface area contributed by atoms with Gasteiger partial charge in [-0.15, -0.1) is 0 Å². The highest BCUT2D eigenvalue weighted by molar-refractivity contribution is 5.34. The summed E-state index contributed by atoms with van der Waals surface area (Å²) in [6, 6.07) is 18.9. The molecule has 1 heterocycles. The van der Waals surface area contributed by atoms with Crippen molar-refractivity contribution in [1.29, 1.82) is 0 Å². The van der Waals surface area contributed by atoms with E-state index in [9.17, 15) is 0 Å². The van der Waals surface area contributed by atoms with E-state index in [0.29, 0.717) is 17.5 Å². The zero-order chi connectivity index (χ0) is 21.5. The fourth-order valence-corrected chi connectivity index (χ4v) is 6.99. The van der Waals surface area contributed by atoms with Crippen molar-refractivity contribution in [3.05, 3.63) is 60.2 Å². The average molecular weight is 430 g/mol. The maximum Gasteiger partial charge on any atom is 0.345 e. The van der Waals surface area contributed by atoms with Crippen molar-refractivity contribution in [2.75, 3.05) is 0 Å². The Morgan fingerprint density at radius 1 is 1.00 bits per heavy atom. The summed E-state index contributed by atoms with van der Waals surface area (Å²) in [5.74, 6) is 3.70. The molecule has 1 aromatic heterocycles. The van der Waals surface area contributed by atoms with E-state index in [0.717, 1.165) is 35.7 Å². The minimum atomic E-state index is 0.364. The first-order valence-corrected chi connectivity index (χ1v) is 12.0. The second-order valence-electron chi connectivity index (χ2n) is 10.3. The summed E-state index contributed by atoms with van der Waals surface area (Å²) >= 11 is 0. The Labute approximate surface area is 189 Å². The number of aromatic nitrogens is 4. The second kappa shape index (κ2) is 8.00. The van der Waals surface area contributed by atoms with E-state index in [2.05, 4.69) is 39.9 Å². The molecule has 32 heavy (non-hydrogen) atoms. The summed E-state index contributed by atoms with van der Waals surface area (Å²) in [5, 5.41) is 15.8. The smallest absolute Gasteiger partial charge is 0.345 e. The number of hydrogen-bond acceptors (Lipinski definition) is 5. The summed E-state index contributed by atoms with van der Waals surface area (Å²) in [7, 11) is 0. The lowest BCUT2D eigenvalue weighted by Gasteiger charge is -2.59. The molecule has 0 saturated heterocycles. The number of tetrazole rings is 1. The standard InChI is InChI=1S/C26H31N5O/c1-18(26-14-20-10-21(15-26)12-22(11-20)16-26)27-17-19-6-5-9-24(13-19)32-25-28-29-30-31(25)23-7-3-2-4-8-23/h2-9,13,18,20-22,27H,10-12,14-17H2,1H3. The van der Waals surface area contributed by atoms with Gasteiger partial charge in [0.05, 0.1) is 5.69 Å². The predicted molar refractivity (Wildman–Crippen MR) is 123 cm³/mol. The molecule has 6 heteroatoms. The zero-order valence-electron chi connectivity index (χ0n) is 18.7. The van der Waals surface area contributed by atoms with E-state index in [4.69, 9.17) is 4.74 Å². The first-order valence-electron chi connectivity index (χ1n) is 12.0. The Kier molecular flexibility index (Phi) is 4.98. The Bertz CT molecular complexity index is 1040. The molecule has 0 spiro atoms. The van der Waals surface area contributed by atoms with Crippen LogP contribution in [0.25, 0.3) is 5.69 Å². The summed E-state index contributed by atoms with van der Waals surface area (Å²) < 4.78 is 7.66. The molecule has 2 aromatic carbocycles. The summed E-state index contributed by atoms with van der Waals surface area (Å²) in [5.41, 5.74) is 2.60. The van der Waals surface area contributed by atoms with Crippen LogP contribution < -0.4 is 10.1 Å². The van der Waals surface area contributed by atoms with Gasteiger partial charge in [0, 0.05) is 12.6 Å². The SMILES string of the molecule is CC(NCc1cccc(Oc2nnnn2-c2ccccc2)c1)C12CC3CC(CC(C3)C1)C2. The maximum absolute atomic E-state index is 6.05. The van der Waals surface area contributed by atoms with E-state index in [1.807, 2.05) is 42.5 Å². The van der Waals surface area contributed by atoms with Crippen LogP contribution in [0.3, 0.4) is 0 Å². The van der Waals surface area contributed by atoms with E-state index in [-0.39, 0.29) is 0 Å². The van der Waals surface area contributed by atoms with Crippen LogP contribution in [0.4, 0.5) is 0 Å². The van der Waals surface area contributed by atoms with Gasteiger partial charge in [0.2, 0.25) is 0 Å². The van der Waals surface area contributed by atoms with Gasteiger partial charge in [-0.3, -0.25) is 0 Å². The highest BCUT2D eigenvalue weighted by Crippen LogP contribution is 2.61. The molecule has 1 atom stereocenters. The van der Waals surface area contributed by atoms with Crippen molar-refractivity contribution in [3.63, 3.8) is 0 Å². The maximum atomic E-state index is 6.05. The predicted octanol–water partition coefficient (Wildman–Crippen LogP) is 5.15. The number of nitrogens with zero attached hydrogens (tertiary/aromatic N) is 4. The van der Waals surface area contributed by atoms with Crippen LogP contribution in [0.5, 0.6) is 11.8 Å². The lowest BCUT2D eigenvalue weighted by Crippen LogP contribution is -2.54. The topological polar surface area (TPSA) is 64.9 Å². The molecular weight excluding hydrogens is 398 g/mol. The minimum absolute atomic E-state index is 0.364. The van der Waals surface area contributed by atoms with Gasteiger partial charge in [0.25, 0.3) is 0 Å². The third-order valence-corrected chi connectivity index (χ3v) is 8.17. The van der Waals surface area contributed by atoms with Gasteiger partial charge in [0.1, 0.15) is 5.75 Å². The van der Waals surface area contributed by atoms with Gasteiger partial charge in [-0.1, -0.05) is 35.4 Å². The fraction of sp³-hybridized carbons (Fsp3) is 0.500. The molecular formula is C26H31N5O. The summed E-state index contributed by atoms with van der Waals surface area (Å²) in [4.78, 5) is 0. The van der Waals surface area contributed by atoms with Gasteiger partial charge in [0.15, 0.2) is 0 Å². The molecule has 166 valence electrons. The van der Waals surface area contributed by atoms with Crippen molar-refractivity contribution in [2.24, 2.45) is 23.2 Å². The molecule has 0 amide bonds. The molecule has 3 aromatic rings. The number of hydrogen-bond donors (Lipinski definition) is 1. The molecule has 4 saturated carbocycles. The Hall–Kier alpha value is -2.73. The Morgan fingerprint density at radius 3 is 2.44 bits per heavy atom. The normalized spacial score (nSPS) is 29.2. The van der Waals surface area contributed by atoms with Crippen LogP contribution in [0.15, 0.2) is 54.6 Å². The third kappa shape index (κ3) is 3.71. The highest BCUT2D eigenvalue weighted by Gasteiger charge is 2.52. The molecule has 0 aliphatic heterocycles. The van der Waals surface area contributed by atoms with Crippen molar-refractivity contribution >= 4 is 0 Å². The monoisotopic (exact) mass is 429 g/mol. The lowest BCUT2D eigenvalue weighted by atomic mass is 9.48. The van der Waals surface area contributed by atoms with E-state index >= 15 is 0 Å². The largest absolute Gasteiger partial charge is 0.423 e. The summed E-state index contributed by atoms with van der Waals surface area (Å²) in [6.07, 6.45) is 8.77. The molecule has 1 N–H and O–H groups in total. The minimum Gasteiger partial charge on any atom is -0.423 e. The zero-order valence-corrected chi connectivity index (χ0v) is 18.7. The van der Waals surface area contributed by atoms with Crippen LogP contribution in [0, 0.1) is 23.2 Å². The molecule has 6 nitrogen and oxygen atoms in total. The second-order valence-corrected chi connectivity index (χ2v) is 10.3. The van der Waals surface area contributed by atoms with E-state index in [1.54, 1.807) is 4.68 Å². The van der Waals surface area contributed by atoms with Crippen molar-refractivity contribution in [1.82, 2.24) is 25.5 Å². The van der Waals surface area contributed by atoms with Gasteiger partial charge in [-0.25, -0.2) is 0 Å². The molecule has 4 fully saturated rings. The van der Waals surface area contributed by atoms with Crippen LogP contribution in [-0.4, -0.2) is 26.2 Å². The van der Waals surface area contributed by atoms with Gasteiger partial charge >= 0.3 is 6.01 Å². The number of benzene rings is 2. The number of nitrogens with one attached hydrogen (secondary N) is 1. The molecule has 4 aliphatic rings. The first-order chi connectivity index (χ1) is 15.7.